The van der Waals surface area contributed by atoms with E-state index in [1.807, 2.05) is 13.8 Å². The minimum Gasteiger partial charge on any atom is -0.214 e. The summed E-state index contributed by atoms with van der Waals surface area (Å²) in [5, 5.41) is 0.649. The molecule has 0 aromatic rings. The molecule has 1 aliphatic rings. The summed E-state index contributed by atoms with van der Waals surface area (Å²) in [7, 11) is -3.07. The van der Waals surface area contributed by atoms with Crippen molar-refractivity contribution in [3.8, 4) is 0 Å². The van der Waals surface area contributed by atoms with Crippen molar-refractivity contribution in [2.24, 2.45) is 5.41 Å². The van der Waals surface area contributed by atoms with E-state index in [-0.39, 0.29) is 10.7 Å². The molecule has 1 aliphatic carbocycles. The zero-order valence-electron chi connectivity index (χ0n) is 9.42. The van der Waals surface area contributed by atoms with Crippen molar-refractivity contribution < 1.29 is 8.42 Å². The Kier molecular flexibility index (Phi) is 4.62. The highest BCUT2D eigenvalue weighted by Crippen LogP contribution is 2.25. The van der Waals surface area contributed by atoms with Gasteiger partial charge in [-0.15, -0.1) is 0 Å². The lowest BCUT2D eigenvalue weighted by atomic mass is 9.98. The second kappa shape index (κ2) is 5.15. The number of hydrogen-bond acceptors (Lipinski definition) is 2. The summed E-state index contributed by atoms with van der Waals surface area (Å²) in [6, 6.07) is 0. The van der Waals surface area contributed by atoms with Crippen LogP contribution in [-0.4, -0.2) is 25.5 Å². The van der Waals surface area contributed by atoms with E-state index in [9.17, 15) is 8.42 Å². The Balaban J connectivity index is 2.50. The van der Waals surface area contributed by atoms with Crippen LogP contribution < -0.4 is 4.72 Å². The molecule has 0 atom stereocenters. The van der Waals surface area contributed by atoms with Crippen LogP contribution in [0.3, 0.4) is 0 Å². The number of halogens is 1. The van der Waals surface area contributed by atoms with Gasteiger partial charge < -0.3 is 0 Å². The average molecular weight is 298 g/mol. The zero-order chi connectivity index (χ0) is 11.5. The summed E-state index contributed by atoms with van der Waals surface area (Å²) in [4.78, 5) is 0. The van der Waals surface area contributed by atoms with Gasteiger partial charge in [0.1, 0.15) is 0 Å². The zero-order valence-corrected chi connectivity index (χ0v) is 11.8. The molecule has 0 aromatic heterocycles. The van der Waals surface area contributed by atoms with Crippen LogP contribution in [0.25, 0.3) is 0 Å². The lowest BCUT2D eigenvalue weighted by Gasteiger charge is -2.23. The summed E-state index contributed by atoms with van der Waals surface area (Å²) in [5.74, 6) is 0. The maximum Gasteiger partial charge on any atom is 0.214 e. The molecule has 0 bridgehead atoms. The molecule has 3 nitrogen and oxygen atoms in total. The first-order valence-corrected chi connectivity index (χ1v) is 8.09. The van der Waals surface area contributed by atoms with Gasteiger partial charge >= 0.3 is 0 Å². The van der Waals surface area contributed by atoms with Gasteiger partial charge in [0.15, 0.2) is 0 Å². The van der Waals surface area contributed by atoms with Gasteiger partial charge in [0.25, 0.3) is 0 Å². The predicted octanol–water partition coefficient (Wildman–Crippen LogP) is 2.27. The summed E-state index contributed by atoms with van der Waals surface area (Å²) >= 11 is 3.39. The summed E-state index contributed by atoms with van der Waals surface area (Å²) in [6.07, 6.45) is 3.75. The van der Waals surface area contributed by atoms with Crippen LogP contribution >= 0.6 is 15.9 Å². The molecule has 0 heterocycles. The Bertz CT molecular complexity index is 295. The molecule has 1 fully saturated rings. The van der Waals surface area contributed by atoms with Gasteiger partial charge in [-0.2, -0.15) is 0 Å². The Hall–Kier alpha value is 0.390. The third kappa shape index (κ3) is 4.04. The fourth-order valence-electron chi connectivity index (χ4n) is 1.66. The molecular formula is C10H20BrNO2S. The van der Waals surface area contributed by atoms with E-state index in [2.05, 4.69) is 20.7 Å². The van der Waals surface area contributed by atoms with Gasteiger partial charge in [-0.1, -0.05) is 42.6 Å². The SMILES string of the molecule is CC(C)(CBr)CNS(=O)(=O)C1CCCC1. The molecule has 90 valence electrons. The van der Waals surface area contributed by atoms with Gasteiger partial charge in [-0.25, -0.2) is 13.1 Å². The molecule has 15 heavy (non-hydrogen) atoms. The summed E-state index contributed by atoms with van der Waals surface area (Å²) in [6.45, 7) is 4.59. The molecule has 0 spiro atoms. The van der Waals surface area contributed by atoms with E-state index in [4.69, 9.17) is 0 Å². The van der Waals surface area contributed by atoms with Crippen LogP contribution in [0.5, 0.6) is 0 Å². The van der Waals surface area contributed by atoms with Crippen molar-refractivity contribution in [1.29, 1.82) is 0 Å². The van der Waals surface area contributed by atoms with Crippen LogP contribution in [0.4, 0.5) is 0 Å². The normalized spacial score (nSPS) is 19.7. The minimum absolute atomic E-state index is 0.0221. The molecule has 0 aliphatic heterocycles. The van der Waals surface area contributed by atoms with Gasteiger partial charge in [0.2, 0.25) is 10.0 Å². The predicted molar refractivity (Wildman–Crippen MR) is 66.8 cm³/mol. The lowest BCUT2D eigenvalue weighted by Crippen LogP contribution is -2.39. The number of nitrogens with one attached hydrogen (secondary N) is 1. The number of sulfonamides is 1. The molecule has 1 saturated carbocycles. The topological polar surface area (TPSA) is 46.2 Å². The van der Waals surface area contributed by atoms with Gasteiger partial charge in [-0.05, 0) is 18.3 Å². The standard InChI is InChI=1S/C10H20BrNO2S/c1-10(2,7-11)8-12-15(13,14)9-5-3-4-6-9/h9,12H,3-8H2,1-2H3. The second-order valence-corrected chi connectivity index (χ2v) is 7.68. The Morgan fingerprint density at radius 3 is 2.33 bits per heavy atom. The molecule has 0 radical (unpaired) electrons. The Morgan fingerprint density at radius 2 is 1.87 bits per heavy atom. The highest BCUT2D eigenvalue weighted by Gasteiger charge is 2.29. The van der Waals surface area contributed by atoms with Crippen LogP contribution in [0.15, 0.2) is 0 Å². The van der Waals surface area contributed by atoms with Gasteiger partial charge in [-0.3, -0.25) is 0 Å². The van der Waals surface area contributed by atoms with Crippen molar-refractivity contribution in [3.63, 3.8) is 0 Å². The highest BCUT2D eigenvalue weighted by molar-refractivity contribution is 9.09. The molecule has 5 heteroatoms. The van der Waals surface area contributed by atoms with Crippen molar-refractivity contribution in [1.82, 2.24) is 4.72 Å². The number of alkyl halides is 1. The van der Waals surface area contributed by atoms with Crippen molar-refractivity contribution in [2.75, 3.05) is 11.9 Å². The first-order chi connectivity index (χ1) is 6.87. The number of hydrogen-bond donors (Lipinski definition) is 1. The maximum atomic E-state index is 11.9. The smallest absolute Gasteiger partial charge is 0.214 e. The fraction of sp³-hybridized carbons (Fsp3) is 1.00. The van der Waals surface area contributed by atoms with Crippen LogP contribution in [0.2, 0.25) is 0 Å². The van der Waals surface area contributed by atoms with E-state index >= 15 is 0 Å². The van der Waals surface area contributed by atoms with Crippen LogP contribution in [0, 0.1) is 5.41 Å². The third-order valence-electron chi connectivity index (χ3n) is 2.85. The van der Waals surface area contributed by atoms with Crippen molar-refractivity contribution >= 4 is 26.0 Å². The van der Waals surface area contributed by atoms with E-state index in [0.29, 0.717) is 6.54 Å². The van der Waals surface area contributed by atoms with E-state index in [1.165, 1.54) is 0 Å². The van der Waals surface area contributed by atoms with Crippen molar-refractivity contribution in [2.45, 2.75) is 44.8 Å². The van der Waals surface area contributed by atoms with Crippen LogP contribution in [-0.2, 0) is 10.0 Å². The first kappa shape index (κ1) is 13.5. The highest BCUT2D eigenvalue weighted by atomic mass is 79.9. The summed E-state index contributed by atoms with van der Waals surface area (Å²) in [5.41, 5.74) is -0.0221. The molecular weight excluding hydrogens is 278 g/mol. The lowest BCUT2D eigenvalue weighted by molar-refractivity contribution is 0.418. The molecule has 0 amide bonds. The van der Waals surface area contributed by atoms with Gasteiger partial charge in [0.05, 0.1) is 5.25 Å². The Morgan fingerprint density at radius 1 is 1.33 bits per heavy atom. The van der Waals surface area contributed by atoms with E-state index < -0.39 is 10.0 Å². The quantitative estimate of drug-likeness (QED) is 0.791. The minimum atomic E-state index is -3.07. The largest absolute Gasteiger partial charge is 0.214 e. The molecule has 1 N–H and O–H groups in total. The average Bonchev–Trinajstić information content (AvgIpc) is 2.69. The number of rotatable bonds is 5. The maximum absolute atomic E-state index is 11.9. The monoisotopic (exact) mass is 297 g/mol. The third-order valence-corrected chi connectivity index (χ3v) is 6.27. The Labute approximate surface area is 101 Å². The first-order valence-electron chi connectivity index (χ1n) is 5.42. The molecule has 0 aromatic carbocycles. The molecule has 1 rings (SSSR count). The fourth-order valence-corrected chi connectivity index (χ4v) is 3.64. The second-order valence-electron chi connectivity index (χ2n) is 5.07. The van der Waals surface area contributed by atoms with E-state index in [0.717, 1.165) is 31.0 Å². The van der Waals surface area contributed by atoms with Gasteiger partial charge in [0, 0.05) is 11.9 Å². The summed E-state index contributed by atoms with van der Waals surface area (Å²) < 4.78 is 26.5. The van der Waals surface area contributed by atoms with E-state index in [1.54, 1.807) is 0 Å². The molecule has 0 saturated heterocycles. The van der Waals surface area contributed by atoms with Crippen LogP contribution in [0.1, 0.15) is 39.5 Å². The van der Waals surface area contributed by atoms with Crippen molar-refractivity contribution in [3.05, 3.63) is 0 Å². The molecule has 0 unspecified atom stereocenters.